The number of fused-ring (bicyclic) bond motifs is 1. The van der Waals surface area contributed by atoms with Crippen LogP contribution in [0.15, 0.2) is 64.5 Å². The Bertz CT molecular complexity index is 920. The number of hydrogen-bond acceptors (Lipinski definition) is 4. The minimum atomic E-state index is -3.74. The standard InChI is InChI=1S/C18H16N2O2S/c1-13(2)14-7-9-15(10-8-14)20-12-16(11-19)23(21,22)18-6-4-3-5-17(18)20/h3-10,12-13H,1-2H3. The van der Waals surface area contributed by atoms with Gasteiger partial charge in [-0.05, 0) is 35.7 Å². The van der Waals surface area contributed by atoms with E-state index in [4.69, 9.17) is 0 Å². The third kappa shape index (κ3) is 2.51. The monoisotopic (exact) mass is 324 g/mol. The van der Waals surface area contributed by atoms with Gasteiger partial charge in [0.25, 0.3) is 0 Å². The van der Waals surface area contributed by atoms with Crippen LogP contribution in [0.4, 0.5) is 11.4 Å². The molecule has 0 saturated carbocycles. The summed E-state index contributed by atoms with van der Waals surface area (Å²) < 4.78 is 24.9. The molecule has 23 heavy (non-hydrogen) atoms. The van der Waals surface area contributed by atoms with Gasteiger partial charge in [-0.1, -0.05) is 38.1 Å². The first-order valence-electron chi connectivity index (χ1n) is 7.30. The van der Waals surface area contributed by atoms with Crippen molar-refractivity contribution in [1.82, 2.24) is 0 Å². The van der Waals surface area contributed by atoms with Crippen LogP contribution in [0.2, 0.25) is 0 Å². The van der Waals surface area contributed by atoms with Crippen LogP contribution in [-0.2, 0) is 9.84 Å². The molecule has 0 radical (unpaired) electrons. The molecule has 3 rings (SSSR count). The minimum Gasteiger partial charge on any atom is -0.314 e. The molecule has 5 heteroatoms. The molecule has 0 amide bonds. The van der Waals surface area contributed by atoms with Crippen LogP contribution in [0.3, 0.4) is 0 Å². The van der Waals surface area contributed by atoms with Crippen LogP contribution in [0.5, 0.6) is 0 Å². The highest BCUT2D eigenvalue weighted by molar-refractivity contribution is 7.95. The summed E-state index contributed by atoms with van der Waals surface area (Å²) in [5.41, 5.74) is 2.59. The Morgan fingerprint density at radius 3 is 2.30 bits per heavy atom. The fourth-order valence-electron chi connectivity index (χ4n) is 2.58. The van der Waals surface area contributed by atoms with Crippen molar-refractivity contribution in [2.75, 3.05) is 4.90 Å². The predicted octanol–water partition coefficient (Wildman–Crippen LogP) is 4.10. The van der Waals surface area contributed by atoms with Crippen molar-refractivity contribution >= 4 is 21.2 Å². The highest BCUT2D eigenvalue weighted by Crippen LogP contribution is 2.39. The first-order chi connectivity index (χ1) is 10.9. The van der Waals surface area contributed by atoms with E-state index in [2.05, 4.69) is 13.8 Å². The van der Waals surface area contributed by atoms with Crippen LogP contribution in [-0.4, -0.2) is 8.42 Å². The Kier molecular flexibility index (Phi) is 3.70. The molecule has 4 nitrogen and oxygen atoms in total. The summed E-state index contributed by atoms with van der Waals surface area (Å²) in [6.07, 6.45) is 1.39. The van der Waals surface area contributed by atoms with Gasteiger partial charge in [-0.15, -0.1) is 0 Å². The van der Waals surface area contributed by atoms with Gasteiger partial charge in [0.2, 0.25) is 9.84 Å². The molecule has 0 aliphatic carbocycles. The van der Waals surface area contributed by atoms with E-state index in [0.29, 0.717) is 11.6 Å². The highest BCUT2D eigenvalue weighted by atomic mass is 32.2. The average Bonchev–Trinajstić information content (AvgIpc) is 2.55. The van der Waals surface area contributed by atoms with Gasteiger partial charge in [-0.2, -0.15) is 5.26 Å². The van der Waals surface area contributed by atoms with E-state index in [1.54, 1.807) is 29.2 Å². The van der Waals surface area contributed by atoms with Crippen molar-refractivity contribution < 1.29 is 8.42 Å². The molecule has 0 saturated heterocycles. The lowest BCUT2D eigenvalue weighted by Gasteiger charge is -2.27. The lowest BCUT2D eigenvalue weighted by Crippen LogP contribution is -2.21. The quantitative estimate of drug-likeness (QED) is 0.834. The highest BCUT2D eigenvalue weighted by Gasteiger charge is 2.31. The van der Waals surface area contributed by atoms with Gasteiger partial charge in [-0.3, -0.25) is 0 Å². The molecule has 0 fully saturated rings. The van der Waals surface area contributed by atoms with Gasteiger partial charge >= 0.3 is 0 Å². The van der Waals surface area contributed by atoms with Gasteiger partial charge in [0.05, 0.1) is 10.6 Å². The number of nitrogens with zero attached hydrogens (tertiary/aromatic N) is 2. The van der Waals surface area contributed by atoms with Crippen molar-refractivity contribution in [3.63, 3.8) is 0 Å². The summed E-state index contributed by atoms with van der Waals surface area (Å²) in [4.78, 5) is 1.66. The topological polar surface area (TPSA) is 61.2 Å². The minimum absolute atomic E-state index is 0.159. The molecule has 1 aliphatic rings. The first kappa shape index (κ1) is 15.3. The van der Waals surface area contributed by atoms with E-state index in [-0.39, 0.29) is 9.80 Å². The molecule has 0 unspecified atom stereocenters. The van der Waals surface area contributed by atoms with E-state index in [9.17, 15) is 13.7 Å². The zero-order chi connectivity index (χ0) is 16.6. The van der Waals surface area contributed by atoms with Gasteiger partial charge in [0.15, 0.2) is 4.91 Å². The first-order valence-corrected chi connectivity index (χ1v) is 8.78. The number of para-hydroxylation sites is 1. The van der Waals surface area contributed by atoms with Gasteiger partial charge in [0.1, 0.15) is 6.07 Å². The molecular weight excluding hydrogens is 308 g/mol. The molecular formula is C18H16N2O2S. The average molecular weight is 324 g/mol. The number of rotatable bonds is 2. The van der Waals surface area contributed by atoms with E-state index >= 15 is 0 Å². The van der Waals surface area contributed by atoms with Crippen LogP contribution < -0.4 is 4.90 Å². The smallest absolute Gasteiger partial charge is 0.220 e. The van der Waals surface area contributed by atoms with Crippen LogP contribution in [0.1, 0.15) is 25.3 Å². The van der Waals surface area contributed by atoms with Gasteiger partial charge in [-0.25, -0.2) is 8.42 Å². The molecule has 1 aliphatic heterocycles. The molecule has 0 spiro atoms. The van der Waals surface area contributed by atoms with Crippen LogP contribution >= 0.6 is 0 Å². The summed E-state index contributed by atoms with van der Waals surface area (Å²) in [7, 11) is -3.74. The van der Waals surface area contributed by atoms with E-state index in [1.807, 2.05) is 24.3 Å². The largest absolute Gasteiger partial charge is 0.314 e. The summed E-state index contributed by atoms with van der Waals surface area (Å²) in [6, 6.07) is 16.4. The molecule has 0 N–H and O–H groups in total. The second-order valence-corrected chi connectivity index (χ2v) is 7.58. The van der Waals surface area contributed by atoms with Crippen molar-refractivity contribution in [1.29, 1.82) is 5.26 Å². The van der Waals surface area contributed by atoms with Crippen molar-refractivity contribution in [3.05, 3.63) is 65.2 Å². The number of anilines is 2. The van der Waals surface area contributed by atoms with Crippen LogP contribution in [0.25, 0.3) is 0 Å². The number of benzene rings is 2. The maximum Gasteiger partial charge on any atom is 0.220 e. The lowest BCUT2D eigenvalue weighted by atomic mass is 10.0. The van der Waals surface area contributed by atoms with Crippen molar-refractivity contribution in [2.45, 2.75) is 24.7 Å². The zero-order valence-corrected chi connectivity index (χ0v) is 13.7. The number of allylic oxidation sites excluding steroid dienone is 1. The third-order valence-corrected chi connectivity index (χ3v) is 5.60. The lowest BCUT2D eigenvalue weighted by molar-refractivity contribution is 0.602. The zero-order valence-electron chi connectivity index (χ0n) is 12.9. The Hall–Kier alpha value is -2.58. The summed E-state index contributed by atoms with van der Waals surface area (Å²) in [6.45, 7) is 4.23. The maximum absolute atomic E-state index is 12.4. The van der Waals surface area contributed by atoms with E-state index < -0.39 is 9.84 Å². The fourth-order valence-corrected chi connectivity index (χ4v) is 3.88. The molecule has 0 aromatic heterocycles. The summed E-state index contributed by atoms with van der Waals surface area (Å²) in [5, 5.41) is 9.21. The molecule has 0 bridgehead atoms. The molecule has 1 heterocycles. The van der Waals surface area contributed by atoms with Crippen molar-refractivity contribution in [2.24, 2.45) is 0 Å². The maximum atomic E-state index is 12.4. The van der Waals surface area contributed by atoms with E-state index in [0.717, 1.165) is 5.69 Å². The fraction of sp³-hybridized carbons (Fsp3) is 0.167. The Labute approximate surface area is 136 Å². The molecule has 0 atom stereocenters. The van der Waals surface area contributed by atoms with E-state index in [1.165, 1.54) is 17.8 Å². The summed E-state index contributed by atoms with van der Waals surface area (Å²) >= 11 is 0. The Balaban J connectivity index is 2.17. The molecule has 2 aromatic carbocycles. The van der Waals surface area contributed by atoms with Crippen LogP contribution in [0, 0.1) is 11.3 Å². The Morgan fingerprint density at radius 2 is 1.70 bits per heavy atom. The second-order valence-electron chi connectivity index (χ2n) is 5.69. The number of nitriles is 1. The summed E-state index contributed by atoms with van der Waals surface area (Å²) in [5.74, 6) is 0.420. The predicted molar refractivity (Wildman–Crippen MR) is 90.0 cm³/mol. The molecule has 116 valence electrons. The third-order valence-electron chi connectivity index (χ3n) is 3.90. The number of hydrogen-bond donors (Lipinski definition) is 0. The SMILES string of the molecule is CC(C)c1ccc(N2C=C(C#N)S(=O)(=O)c3ccccc32)cc1. The van der Waals surface area contributed by atoms with Crippen molar-refractivity contribution in [3.8, 4) is 6.07 Å². The van der Waals surface area contributed by atoms with Gasteiger partial charge < -0.3 is 4.90 Å². The Morgan fingerprint density at radius 1 is 1.04 bits per heavy atom. The number of sulfone groups is 1. The molecule has 2 aromatic rings. The second kappa shape index (κ2) is 5.56. The van der Waals surface area contributed by atoms with Gasteiger partial charge in [0, 0.05) is 11.9 Å². The normalized spacial score (nSPS) is 15.7.